The lowest BCUT2D eigenvalue weighted by Gasteiger charge is -2.08. The number of hydrogen-bond acceptors (Lipinski definition) is 3. The highest BCUT2D eigenvalue weighted by Gasteiger charge is 2.16. The molecule has 2 radical (unpaired) electrons. The van der Waals surface area contributed by atoms with Gasteiger partial charge in [0.2, 0.25) is 9.76 Å². The van der Waals surface area contributed by atoms with E-state index in [1.54, 1.807) is 11.3 Å². The third-order valence-electron chi connectivity index (χ3n) is 2.39. The standard InChI is InChI=1S/C12H15NOSSi/c1-3-11(16-14-4-2)12-13-9-7-5-6-8-10(9)15-12/h5-8,11H,3-4H2,1-2H3. The summed E-state index contributed by atoms with van der Waals surface area (Å²) in [6.45, 7) is 5.03. The Bertz CT molecular complexity index is 424. The van der Waals surface area contributed by atoms with E-state index in [0.717, 1.165) is 18.5 Å². The van der Waals surface area contributed by atoms with E-state index in [9.17, 15) is 0 Å². The molecule has 0 bridgehead atoms. The Morgan fingerprint density at radius 3 is 2.88 bits per heavy atom. The number of para-hydroxylation sites is 1. The summed E-state index contributed by atoms with van der Waals surface area (Å²) in [7, 11) is 0.533. The first-order chi connectivity index (χ1) is 7.85. The van der Waals surface area contributed by atoms with Crippen LogP contribution < -0.4 is 0 Å². The van der Waals surface area contributed by atoms with Crippen molar-refractivity contribution in [2.75, 3.05) is 6.61 Å². The molecule has 0 saturated heterocycles. The quantitative estimate of drug-likeness (QED) is 0.758. The van der Waals surface area contributed by atoms with E-state index in [1.807, 2.05) is 13.0 Å². The number of thiazole rings is 1. The second kappa shape index (κ2) is 5.57. The number of hydrogen-bond donors (Lipinski definition) is 0. The van der Waals surface area contributed by atoms with Gasteiger partial charge in [-0.25, -0.2) is 4.98 Å². The van der Waals surface area contributed by atoms with Gasteiger partial charge in [0, 0.05) is 12.1 Å². The van der Waals surface area contributed by atoms with Crippen LogP contribution in [-0.2, 0) is 4.43 Å². The minimum atomic E-state index is 0.470. The summed E-state index contributed by atoms with van der Waals surface area (Å²) in [5, 5.41) is 1.22. The molecule has 2 nitrogen and oxygen atoms in total. The molecule has 0 aliphatic carbocycles. The highest BCUT2D eigenvalue weighted by molar-refractivity contribution is 7.18. The van der Waals surface area contributed by atoms with Gasteiger partial charge in [0.15, 0.2) is 0 Å². The average molecular weight is 249 g/mol. The van der Waals surface area contributed by atoms with Gasteiger partial charge in [0.25, 0.3) is 0 Å². The average Bonchev–Trinajstić information content (AvgIpc) is 2.73. The van der Waals surface area contributed by atoms with E-state index >= 15 is 0 Å². The molecule has 16 heavy (non-hydrogen) atoms. The van der Waals surface area contributed by atoms with E-state index in [2.05, 4.69) is 30.1 Å². The maximum atomic E-state index is 5.53. The summed E-state index contributed by atoms with van der Waals surface area (Å²) in [5.41, 5.74) is 1.58. The van der Waals surface area contributed by atoms with Crippen LogP contribution in [0, 0.1) is 0 Å². The number of benzene rings is 1. The third-order valence-corrected chi connectivity index (χ3v) is 5.17. The Morgan fingerprint density at radius 1 is 1.38 bits per heavy atom. The molecule has 1 unspecified atom stereocenters. The van der Waals surface area contributed by atoms with Crippen molar-refractivity contribution < 1.29 is 4.43 Å². The van der Waals surface area contributed by atoms with Gasteiger partial charge in [0.1, 0.15) is 0 Å². The molecule has 1 aromatic carbocycles. The largest absolute Gasteiger partial charge is 0.417 e. The SMILES string of the molecule is CCO[Si]C(CC)c1nc2ccccc2s1. The molecule has 0 amide bonds. The van der Waals surface area contributed by atoms with Crippen LogP contribution in [0.5, 0.6) is 0 Å². The summed E-state index contributed by atoms with van der Waals surface area (Å²) in [6, 6.07) is 8.31. The van der Waals surface area contributed by atoms with Gasteiger partial charge in [-0.2, -0.15) is 0 Å². The Labute approximate surface area is 103 Å². The topological polar surface area (TPSA) is 22.1 Å². The normalized spacial score (nSPS) is 13.1. The zero-order chi connectivity index (χ0) is 11.4. The Kier molecular flexibility index (Phi) is 4.09. The molecule has 2 rings (SSSR count). The van der Waals surface area contributed by atoms with Gasteiger partial charge in [-0.05, 0) is 25.5 Å². The smallest absolute Gasteiger partial charge is 0.240 e. The summed E-state index contributed by atoms with van der Waals surface area (Å²) < 4.78 is 6.81. The Balaban J connectivity index is 2.23. The monoisotopic (exact) mass is 249 g/mol. The molecule has 0 aliphatic rings. The van der Waals surface area contributed by atoms with Crippen LogP contribution in [0.3, 0.4) is 0 Å². The molecule has 1 atom stereocenters. The minimum Gasteiger partial charge on any atom is -0.417 e. The first-order valence-electron chi connectivity index (χ1n) is 5.58. The molecule has 2 aromatic rings. The van der Waals surface area contributed by atoms with Crippen molar-refractivity contribution >= 4 is 31.3 Å². The first kappa shape index (κ1) is 11.8. The summed E-state index contributed by atoms with van der Waals surface area (Å²) in [5.74, 6) is 0. The van der Waals surface area contributed by atoms with Gasteiger partial charge in [-0.1, -0.05) is 19.1 Å². The fourth-order valence-corrected chi connectivity index (χ4v) is 3.60. The van der Waals surface area contributed by atoms with Crippen molar-refractivity contribution in [3.05, 3.63) is 29.3 Å². The Morgan fingerprint density at radius 2 is 2.19 bits per heavy atom. The summed E-state index contributed by atoms with van der Waals surface area (Å²) in [6.07, 6.45) is 1.10. The maximum absolute atomic E-state index is 5.53. The fraction of sp³-hybridized carbons (Fsp3) is 0.417. The lowest BCUT2D eigenvalue weighted by molar-refractivity contribution is 0.352. The van der Waals surface area contributed by atoms with Crippen molar-refractivity contribution in [3.8, 4) is 0 Å². The minimum absolute atomic E-state index is 0.470. The molecule has 0 spiro atoms. The second-order valence-electron chi connectivity index (χ2n) is 3.53. The van der Waals surface area contributed by atoms with Crippen LogP contribution in [-0.4, -0.2) is 21.4 Å². The van der Waals surface area contributed by atoms with Gasteiger partial charge in [0.05, 0.1) is 15.2 Å². The highest BCUT2D eigenvalue weighted by atomic mass is 32.1. The van der Waals surface area contributed by atoms with Crippen LogP contribution >= 0.6 is 11.3 Å². The molecule has 84 valence electrons. The van der Waals surface area contributed by atoms with E-state index in [-0.39, 0.29) is 0 Å². The van der Waals surface area contributed by atoms with Crippen molar-refractivity contribution in [2.24, 2.45) is 0 Å². The van der Waals surface area contributed by atoms with E-state index in [1.165, 1.54) is 9.71 Å². The number of fused-ring (bicyclic) bond motifs is 1. The lowest BCUT2D eigenvalue weighted by Crippen LogP contribution is -2.10. The molecular weight excluding hydrogens is 234 g/mol. The molecule has 4 heteroatoms. The van der Waals surface area contributed by atoms with Crippen LogP contribution in [0.15, 0.2) is 24.3 Å². The number of aromatic nitrogens is 1. The highest BCUT2D eigenvalue weighted by Crippen LogP contribution is 2.28. The van der Waals surface area contributed by atoms with Crippen molar-refractivity contribution in [2.45, 2.75) is 25.8 Å². The molecule has 0 saturated carbocycles. The zero-order valence-corrected chi connectivity index (χ0v) is 11.4. The van der Waals surface area contributed by atoms with Crippen molar-refractivity contribution in [1.82, 2.24) is 4.98 Å². The maximum Gasteiger partial charge on any atom is 0.240 e. The number of rotatable bonds is 5. The first-order valence-corrected chi connectivity index (χ1v) is 7.38. The van der Waals surface area contributed by atoms with Crippen LogP contribution in [0.1, 0.15) is 30.8 Å². The lowest BCUT2D eigenvalue weighted by atomic mass is 10.3. The Hall–Kier alpha value is -0.713. The van der Waals surface area contributed by atoms with Crippen LogP contribution in [0.25, 0.3) is 10.2 Å². The molecule has 0 aliphatic heterocycles. The summed E-state index contributed by atoms with van der Waals surface area (Å²) in [4.78, 5) is 4.68. The molecule has 0 fully saturated rings. The third kappa shape index (κ3) is 2.51. The van der Waals surface area contributed by atoms with Crippen LogP contribution in [0.2, 0.25) is 0 Å². The summed E-state index contributed by atoms with van der Waals surface area (Å²) >= 11 is 1.80. The second-order valence-corrected chi connectivity index (χ2v) is 5.82. The predicted octanol–water partition coefficient (Wildman–Crippen LogP) is 3.40. The fourth-order valence-electron chi connectivity index (χ4n) is 1.53. The van der Waals surface area contributed by atoms with E-state index < -0.39 is 0 Å². The van der Waals surface area contributed by atoms with E-state index in [0.29, 0.717) is 15.3 Å². The van der Waals surface area contributed by atoms with Gasteiger partial charge in [-0.3, -0.25) is 0 Å². The van der Waals surface area contributed by atoms with E-state index in [4.69, 9.17) is 4.43 Å². The van der Waals surface area contributed by atoms with Gasteiger partial charge in [-0.15, -0.1) is 11.3 Å². The van der Waals surface area contributed by atoms with Crippen molar-refractivity contribution in [3.63, 3.8) is 0 Å². The molecule has 1 heterocycles. The van der Waals surface area contributed by atoms with Crippen molar-refractivity contribution in [1.29, 1.82) is 0 Å². The van der Waals surface area contributed by atoms with Crippen LogP contribution in [0.4, 0.5) is 0 Å². The molecule has 1 aromatic heterocycles. The molecule has 0 N–H and O–H groups in total. The predicted molar refractivity (Wildman–Crippen MR) is 70.0 cm³/mol. The number of nitrogens with zero attached hydrogens (tertiary/aromatic N) is 1. The zero-order valence-electron chi connectivity index (χ0n) is 9.56. The van der Waals surface area contributed by atoms with Gasteiger partial charge >= 0.3 is 0 Å². The van der Waals surface area contributed by atoms with Gasteiger partial charge < -0.3 is 4.43 Å². The molecular formula is C12H15NOSSi.